The molecule has 8 heteroatoms. The Morgan fingerprint density at radius 2 is 1.79 bits per heavy atom. The summed E-state index contributed by atoms with van der Waals surface area (Å²) in [6.45, 7) is 3.88. The summed E-state index contributed by atoms with van der Waals surface area (Å²) in [4.78, 5) is 21.0. The number of hydrogen-bond acceptors (Lipinski definition) is 5. The highest BCUT2D eigenvalue weighted by Gasteiger charge is 2.21. The Balaban J connectivity index is 1.38. The number of nitrogens with zero attached hydrogens (tertiary/aromatic N) is 3. The van der Waals surface area contributed by atoms with E-state index in [0.29, 0.717) is 56.3 Å². The predicted octanol–water partition coefficient (Wildman–Crippen LogP) is 3.93. The van der Waals surface area contributed by atoms with Crippen LogP contribution in [-0.2, 0) is 11.3 Å². The minimum absolute atomic E-state index is 0.000844. The smallest absolute Gasteiger partial charge is 0.254 e. The van der Waals surface area contributed by atoms with Gasteiger partial charge in [-0.3, -0.25) is 4.79 Å². The van der Waals surface area contributed by atoms with Crippen molar-refractivity contribution in [2.24, 2.45) is 0 Å². The van der Waals surface area contributed by atoms with Gasteiger partial charge in [-0.05, 0) is 42.0 Å². The maximum Gasteiger partial charge on any atom is 0.254 e. The number of hydrogen-bond donors (Lipinski definition) is 1. The number of carbonyl (C=O) groups excluding carboxylic acids is 1. The van der Waals surface area contributed by atoms with Crippen LogP contribution < -0.4 is 10.2 Å². The van der Waals surface area contributed by atoms with Gasteiger partial charge in [0.05, 0.1) is 18.9 Å². The Bertz CT molecular complexity index is 1160. The molecule has 0 atom stereocenters. The number of benzene rings is 2. The van der Waals surface area contributed by atoms with Crippen LogP contribution >= 0.6 is 0 Å². The number of halogens is 2. The van der Waals surface area contributed by atoms with Gasteiger partial charge in [0.15, 0.2) is 0 Å². The van der Waals surface area contributed by atoms with E-state index in [1.165, 1.54) is 6.07 Å². The molecule has 0 bridgehead atoms. The van der Waals surface area contributed by atoms with Gasteiger partial charge in [0.25, 0.3) is 5.91 Å². The van der Waals surface area contributed by atoms with Crippen LogP contribution in [0.25, 0.3) is 11.1 Å². The van der Waals surface area contributed by atoms with Crippen LogP contribution in [0.5, 0.6) is 0 Å². The summed E-state index contributed by atoms with van der Waals surface area (Å²) >= 11 is 0. The van der Waals surface area contributed by atoms with Crippen LogP contribution in [0.2, 0.25) is 0 Å². The number of nitrogens with one attached hydrogen (secondary N) is 1. The van der Waals surface area contributed by atoms with Gasteiger partial charge in [0.1, 0.15) is 17.5 Å². The first-order valence-corrected chi connectivity index (χ1v) is 11.0. The first kappa shape index (κ1) is 21.3. The molecule has 1 fully saturated rings. The Morgan fingerprint density at radius 1 is 1.00 bits per heavy atom. The first-order chi connectivity index (χ1) is 16.1. The molecule has 6 nitrogen and oxygen atoms in total. The number of ether oxygens (including phenoxy) is 1. The molecule has 3 aromatic rings. The monoisotopic (exact) mass is 450 g/mol. The summed E-state index contributed by atoms with van der Waals surface area (Å²) in [6, 6.07) is 13.0. The van der Waals surface area contributed by atoms with Gasteiger partial charge in [-0.25, -0.2) is 13.8 Å². The van der Waals surface area contributed by atoms with Crippen LogP contribution in [-0.4, -0.2) is 55.2 Å². The molecule has 0 unspecified atom stereocenters. The highest BCUT2D eigenvalue weighted by molar-refractivity contribution is 5.94. The topological polar surface area (TPSA) is 57.7 Å². The summed E-state index contributed by atoms with van der Waals surface area (Å²) in [5.41, 5.74) is 3.57. The summed E-state index contributed by atoms with van der Waals surface area (Å²) in [5, 5.41) is 3.26. The van der Waals surface area contributed by atoms with Gasteiger partial charge in [0, 0.05) is 55.6 Å². The van der Waals surface area contributed by atoms with Crippen molar-refractivity contribution < 1.29 is 18.3 Å². The van der Waals surface area contributed by atoms with Crippen molar-refractivity contribution in [2.75, 3.05) is 49.6 Å². The third kappa shape index (κ3) is 4.52. The number of aromatic nitrogens is 1. The lowest BCUT2D eigenvalue weighted by atomic mass is 10.0. The summed E-state index contributed by atoms with van der Waals surface area (Å²) in [6.07, 6.45) is 1.77. The van der Waals surface area contributed by atoms with Crippen molar-refractivity contribution in [2.45, 2.75) is 6.54 Å². The quantitative estimate of drug-likeness (QED) is 0.653. The van der Waals surface area contributed by atoms with Crippen LogP contribution in [0.4, 0.5) is 20.3 Å². The molecule has 0 radical (unpaired) electrons. The Morgan fingerprint density at radius 3 is 2.58 bits per heavy atom. The molecule has 0 spiro atoms. The number of rotatable bonds is 4. The first-order valence-electron chi connectivity index (χ1n) is 11.0. The molecule has 170 valence electrons. The maximum atomic E-state index is 14.2. The number of anilines is 2. The number of pyridine rings is 1. The molecule has 2 aromatic carbocycles. The number of amides is 1. The average Bonchev–Trinajstić information content (AvgIpc) is 2.86. The maximum absolute atomic E-state index is 14.2. The molecule has 2 aliphatic rings. The van der Waals surface area contributed by atoms with E-state index in [1.807, 2.05) is 35.2 Å². The van der Waals surface area contributed by atoms with E-state index >= 15 is 0 Å². The van der Waals surface area contributed by atoms with Crippen molar-refractivity contribution in [1.82, 2.24) is 9.88 Å². The summed E-state index contributed by atoms with van der Waals surface area (Å²) in [5.74, 6) is -0.177. The van der Waals surface area contributed by atoms with Crippen LogP contribution in [0.15, 0.2) is 54.7 Å². The molecule has 1 saturated heterocycles. The fourth-order valence-corrected chi connectivity index (χ4v) is 4.21. The molecule has 3 heterocycles. The summed E-state index contributed by atoms with van der Waals surface area (Å²) in [7, 11) is 0. The van der Waals surface area contributed by atoms with Gasteiger partial charge >= 0.3 is 0 Å². The number of carbonyl (C=O) groups is 1. The zero-order valence-electron chi connectivity index (χ0n) is 18.1. The van der Waals surface area contributed by atoms with Crippen molar-refractivity contribution in [1.29, 1.82) is 0 Å². The zero-order chi connectivity index (χ0) is 22.8. The van der Waals surface area contributed by atoms with Gasteiger partial charge in [-0.2, -0.15) is 0 Å². The summed E-state index contributed by atoms with van der Waals surface area (Å²) < 4.78 is 33.2. The highest BCUT2D eigenvalue weighted by atomic mass is 19.1. The molecular formula is C25H24F2N4O2. The van der Waals surface area contributed by atoms with Crippen LogP contribution in [0, 0.1) is 11.6 Å². The SMILES string of the molecule is O=C(c1ccc(-c2cnc3c(c2)N(Cc2cc(F)ccc2F)CCN3)cc1)N1CCOCC1. The molecule has 1 N–H and O–H groups in total. The Kier molecular flexibility index (Phi) is 5.92. The molecule has 2 aliphatic heterocycles. The third-order valence-electron chi connectivity index (χ3n) is 6.01. The fraction of sp³-hybridized carbons (Fsp3) is 0.280. The van der Waals surface area contributed by atoms with Gasteiger partial charge in [-0.1, -0.05) is 12.1 Å². The second kappa shape index (κ2) is 9.15. The molecular weight excluding hydrogens is 426 g/mol. The van der Waals surface area contributed by atoms with E-state index in [4.69, 9.17) is 4.74 Å². The average molecular weight is 450 g/mol. The lowest BCUT2D eigenvalue weighted by Gasteiger charge is -2.32. The fourth-order valence-electron chi connectivity index (χ4n) is 4.21. The second-order valence-electron chi connectivity index (χ2n) is 8.16. The van der Waals surface area contributed by atoms with E-state index < -0.39 is 11.6 Å². The third-order valence-corrected chi connectivity index (χ3v) is 6.01. The number of morpholine rings is 1. The second-order valence-corrected chi connectivity index (χ2v) is 8.16. The van der Waals surface area contributed by atoms with Gasteiger partial charge < -0.3 is 19.9 Å². The van der Waals surface area contributed by atoms with Gasteiger partial charge in [-0.15, -0.1) is 0 Å². The lowest BCUT2D eigenvalue weighted by Crippen LogP contribution is -2.40. The highest BCUT2D eigenvalue weighted by Crippen LogP contribution is 2.33. The molecule has 1 aromatic heterocycles. The van der Waals surface area contributed by atoms with E-state index in [2.05, 4.69) is 10.3 Å². The van der Waals surface area contributed by atoms with Crippen molar-refractivity contribution in [3.8, 4) is 11.1 Å². The van der Waals surface area contributed by atoms with Crippen molar-refractivity contribution in [3.63, 3.8) is 0 Å². The molecule has 0 aliphatic carbocycles. The predicted molar refractivity (Wildman–Crippen MR) is 122 cm³/mol. The van der Waals surface area contributed by atoms with Crippen molar-refractivity contribution in [3.05, 3.63) is 77.5 Å². The van der Waals surface area contributed by atoms with Crippen molar-refractivity contribution >= 4 is 17.4 Å². The lowest BCUT2D eigenvalue weighted by molar-refractivity contribution is 0.0303. The molecule has 33 heavy (non-hydrogen) atoms. The minimum Gasteiger partial charge on any atom is -0.378 e. The van der Waals surface area contributed by atoms with Crippen LogP contribution in [0.1, 0.15) is 15.9 Å². The van der Waals surface area contributed by atoms with Crippen LogP contribution in [0.3, 0.4) is 0 Å². The molecule has 0 saturated carbocycles. The molecule has 1 amide bonds. The minimum atomic E-state index is -0.458. The van der Waals surface area contributed by atoms with E-state index in [-0.39, 0.29) is 12.5 Å². The van der Waals surface area contributed by atoms with Gasteiger partial charge in [0.2, 0.25) is 0 Å². The van der Waals surface area contributed by atoms with E-state index in [9.17, 15) is 13.6 Å². The Hall–Kier alpha value is -3.52. The number of fused-ring (bicyclic) bond motifs is 1. The normalized spacial score (nSPS) is 15.7. The van der Waals surface area contributed by atoms with E-state index in [0.717, 1.165) is 28.9 Å². The molecule has 5 rings (SSSR count). The Labute approximate surface area is 190 Å². The zero-order valence-corrected chi connectivity index (χ0v) is 18.1. The standard InChI is InChI=1S/C25H24F2N4O2/c26-21-5-6-22(27)20(13-21)16-31-8-7-28-24-23(31)14-19(15-29-24)17-1-3-18(4-2-17)25(32)30-9-11-33-12-10-30/h1-6,13-15H,7-12,16H2,(H,28,29). The van der Waals surface area contributed by atoms with E-state index in [1.54, 1.807) is 11.1 Å². The largest absolute Gasteiger partial charge is 0.378 e.